The van der Waals surface area contributed by atoms with Gasteiger partial charge >= 0.3 is 0 Å². The van der Waals surface area contributed by atoms with Crippen molar-refractivity contribution >= 4 is 15.9 Å². The molecule has 0 saturated heterocycles. The van der Waals surface area contributed by atoms with Crippen LogP contribution in [0.15, 0.2) is 0 Å². The van der Waals surface area contributed by atoms with E-state index in [1.807, 2.05) is 0 Å². The van der Waals surface area contributed by atoms with E-state index in [2.05, 4.69) is 34.7 Å². The van der Waals surface area contributed by atoms with Gasteiger partial charge in [0.2, 0.25) is 5.92 Å². The summed E-state index contributed by atoms with van der Waals surface area (Å²) in [5.41, 5.74) is 0. The van der Waals surface area contributed by atoms with E-state index in [1.54, 1.807) is 0 Å². The molecular weight excluding hydrogens is 300 g/mol. The van der Waals surface area contributed by atoms with Crippen molar-refractivity contribution in [1.29, 1.82) is 0 Å². The first-order chi connectivity index (χ1) is 8.52. The SMILES string of the molecule is CCC(CC)N(CCBr)CC1CCCC(F)(F)C1. The van der Waals surface area contributed by atoms with Crippen LogP contribution >= 0.6 is 15.9 Å². The Morgan fingerprint density at radius 2 is 2.00 bits per heavy atom. The molecule has 1 atom stereocenters. The van der Waals surface area contributed by atoms with Gasteiger partial charge in [-0.25, -0.2) is 8.78 Å². The summed E-state index contributed by atoms with van der Waals surface area (Å²) < 4.78 is 26.9. The van der Waals surface area contributed by atoms with E-state index in [9.17, 15) is 8.78 Å². The van der Waals surface area contributed by atoms with Crippen molar-refractivity contribution < 1.29 is 8.78 Å². The van der Waals surface area contributed by atoms with Crippen LogP contribution in [0.2, 0.25) is 0 Å². The summed E-state index contributed by atoms with van der Waals surface area (Å²) >= 11 is 3.47. The van der Waals surface area contributed by atoms with Gasteiger partial charge in [-0.3, -0.25) is 4.90 Å². The second-order valence-electron chi connectivity index (χ2n) is 5.47. The predicted octanol–water partition coefficient (Wildman–Crippen LogP) is 4.70. The maximum absolute atomic E-state index is 13.4. The van der Waals surface area contributed by atoms with E-state index < -0.39 is 5.92 Å². The highest BCUT2D eigenvalue weighted by atomic mass is 79.9. The molecule has 1 unspecified atom stereocenters. The number of hydrogen-bond donors (Lipinski definition) is 0. The molecule has 0 aromatic carbocycles. The highest BCUT2D eigenvalue weighted by molar-refractivity contribution is 9.09. The van der Waals surface area contributed by atoms with Gasteiger partial charge in [0.05, 0.1) is 0 Å². The minimum Gasteiger partial charge on any atom is -0.299 e. The molecule has 1 saturated carbocycles. The fourth-order valence-corrected chi connectivity index (χ4v) is 3.56. The van der Waals surface area contributed by atoms with Gasteiger partial charge in [-0.1, -0.05) is 29.8 Å². The molecule has 4 heteroatoms. The fraction of sp³-hybridized carbons (Fsp3) is 1.00. The summed E-state index contributed by atoms with van der Waals surface area (Å²) in [6, 6.07) is 0.540. The minimum absolute atomic E-state index is 0.0892. The lowest BCUT2D eigenvalue weighted by Gasteiger charge is -2.36. The average molecular weight is 326 g/mol. The van der Waals surface area contributed by atoms with Gasteiger partial charge in [-0.2, -0.15) is 0 Å². The summed E-state index contributed by atoms with van der Waals surface area (Å²) in [5, 5.41) is 0.923. The third kappa shape index (κ3) is 5.12. The Bertz CT molecular complexity index is 232. The maximum Gasteiger partial charge on any atom is 0.248 e. The molecule has 1 aliphatic carbocycles. The highest BCUT2D eigenvalue weighted by Crippen LogP contribution is 2.37. The van der Waals surface area contributed by atoms with Gasteiger partial charge in [0.25, 0.3) is 0 Å². The predicted molar refractivity (Wildman–Crippen MR) is 76.6 cm³/mol. The molecule has 1 fully saturated rings. The van der Waals surface area contributed by atoms with Gasteiger partial charge in [0.15, 0.2) is 0 Å². The maximum atomic E-state index is 13.4. The zero-order chi connectivity index (χ0) is 13.6. The van der Waals surface area contributed by atoms with Crippen molar-refractivity contribution in [2.24, 2.45) is 5.92 Å². The van der Waals surface area contributed by atoms with E-state index in [0.717, 1.165) is 37.7 Å². The van der Waals surface area contributed by atoms with Crippen LogP contribution in [-0.2, 0) is 0 Å². The van der Waals surface area contributed by atoms with Crippen LogP contribution < -0.4 is 0 Å². The first-order valence-electron chi connectivity index (χ1n) is 7.20. The van der Waals surface area contributed by atoms with Crippen LogP contribution in [-0.4, -0.2) is 35.3 Å². The summed E-state index contributed by atoms with van der Waals surface area (Å²) in [4.78, 5) is 2.40. The van der Waals surface area contributed by atoms with Crippen molar-refractivity contribution in [3.8, 4) is 0 Å². The first kappa shape index (κ1) is 16.4. The van der Waals surface area contributed by atoms with Crippen LogP contribution in [0, 0.1) is 5.92 Å². The van der Waals surface area contributed by atoms with Crippen molar-refractivity contribution in [2.45, 2.75) is 64.3 Å². The number of nitrogens with zero attached hydrogens (tertiary/aromatic N) is 1. The van der Waals surface area contributed by atoms with Crippen LogP contribution in [0.1, 0.15) is 52.4 Å². The zero-order valence-corrected chi connectivity index (χ0v) is 13.2. The second kappa shape index (κ2) is 7.78. The molecule has 1 aliphatic rings. The minimum atomic E-state index is -2.42. The van der Waals surface area contributed by atoms with Crippen molar-refractivity contribution in [3.05, 3.63) is 0 Å². The van der Waals surface area contributed by atoms with Crippen LogP contribution in [0.3, 0.4) is 0 Å². The lowest BCUT2D eigenvalue weighted by molar-refractivity contribution is -0.0584. The molecule has 0 amide bonds. The number of hydrogen-bond acceptors (Lipinski definition) is 1. The van der Waals surface area contributed by atoms with Crippen LogP contribution in [0.4, 0.5) is 8.78 Å². The summed E-state index contributed by atoms with van der Waals surface area (Å²) in [6.07, 6.45) is 4.04. The molecular formula is C14H26BrF2N. The van der Waals surface area contributed by atoms with Gasteiger partial charge in [-0.15, -0.1) is 0 Å². The van der Waals surface area contributed by atoms with Crippen molar-refractivity contribution in [1.82, 2.24) is 4.90 Å². The van der Waals surface area contributed by atoms with E-state index in [4.69, 9.17) is 0 Å². The monoisotopic (exact) mass is 325 g/mol. The van der Waals surface area contributed by atoms with E-state index in [0.29, 0.717) is 12.5 Å². The average Bonchev–Trinajstić information content (AvgIpc) is 2.29. The molecule has 0 bridgehead atoms. The van der Waals surface area contributed by atoms with Gasteiger partial charge in [-0.05, 0) is 31.6 Å². The number of rotatable bonds is 7. The molecule has 1 rings (SSSR count). The molecule has 0 aliphatic heterocycles. The molecule has 0 radical (unpaired) electrons. The third-order valence-corrected chi connectivity index (χ3v) is 4.42. The standard InChI is InChI=1S/C14H26BrF2N/c1-3-13(4-2)18(9-8-15)11-12-6-5-7-14(16,17)10-12/h12-13H,3-11H2,1-2H3. The van der Waals surface area contributed by atoms with Gasteiger partial charge in [0, 0.05) is 37.3 Å². The topological polar surface area (TPSA) is 3.24 Å². The Morgan fingerprint density at radius 1 is 1.33 bits per heavy atom. The summed E-state index contributed by atoms with van der Waals surface area (Å²) in [6.45, 7) is 6.18. The molecule has 0 heterocycles. The molecule has 0 aromatic rings. The molecule has 18 heavy (non-hydrogen) atoms. The lowest BCUT2D eigenvalue weighted by atomic mass is 9.86. The van der Waals surface area contributed by atoms with Gasteiger partial charge in [0.1, 0.15) is 0 Å². The van der Waals surface area contributed by atoms with Crippen LogP contribution in [0.25, 0.3) is 0 Å². The lowest BCUT2D eigenvalue weighted by Crippen LogP contribution is -2.41. The van der Waals surface area contributed by atoms with Crippen molar-refractivity contribution in [3.63, 3.8) is 0 Å². The third-order valence-electron chi connectivity index (χ3n) is 4.07. The Hall–Kier alpha value is 0.300. The Balaban J connectivity index is 2.54. The van der Waals surface area contributed by atoms with Crippen molar-refractivity contribution in [2.75, 3.05) is 18.4 Å². The van der Waals surface area contributed by atoms with E-state index in [1.165, 1.54) is 0 Å². The Labute approximate surface area is 118 Å². The zero-order valence-electron chi connectivity index (χ0n) is 11.6. The number of halogens is 3. The quantitative estimate of drug-likeness (QED) is 0.613. The molecule has 0 aromatic heterocycles. The summed E-state index contributed by atoms with van der Waals surface area (Å²) in [5.74, 6) is -2.25. The molecule has 0 spiro atoms. The summed E-state index contributed by atoms with van der Waals surface area (Å²) in [7, 11) is 0. The second-order valence-corrected chi connectivity index (χ2v) is 6.27. The van der Waals surface area contributed by atoms with E-state index in [-0.39, 0.29) is 18.8 Å². The molecule has 108 valence electrons. The number of alkyl halides is 3. The smallest absolute Gasteiger partial charge is 0.248 e. The fourth-order valence-electron chi connectivity index (χ4n) is 3.10. The highest BCUT2D eigenvalue weighted by Gasteiger charge is 2.37. The Kier molecular flexibility index (Phi) is 7.07. The van der Waals surface area contributed by atoms with Gasteiger partial charge < -0.3 is 0 Å². The van der Waals surface area contributed by atoms with E-state index >= 15 is 0 Å². The molecule has 1 nitrogen and oxygen atoms in total. The van der Waals surface area contributed by atoms with Crippen LogP contribution in [0.5, 0.6) is 0 Å². The molecule has 0 N–H and O–H groups in total. The first-order valence-corrected chi connectivity index (χ1v) is 8.32. The Morgan fingerprint density at radius 3 is 2.50 bits per heavy atom. The largest absolute Gasteiger partial charge is 0.299 e. The normalized spacial score (nSPS) is 23.8.